The fourth-order valence-electron chi connectivity index (χ4n) is 8.00. The number of fused-ring (bicyclic) bond motifs is 7. The van der Waals surface area contributed by atoms with Gasteiger partial charge in [-0.05, 0) is 81.0 Å². The Morgan fingerprint density at radius 1 is 0.380 bits per heavy atom. The topological polar surface area (TPSA) is 8.17 Å². The van der Waals surface area contributed by atoms with Crippen molar-refractivity contribution in [3.63, 3.8) is 0 Å². The summed E-state index contributed by atoms with van der Waals surface area (Å²) < 4.78 is 2.40. The lowest BCUT2D eigenvalue weighted by Gasteiger charge is -2.31. The molecular weight excluding hydrogens is 605 g/mol. The third-order valence-corrected chi connectivity index (χ3v) is 10.1. The van der Waals surface area contributed by atoms with Crippen molar-refractivity contribution >= 4 is 71.2 Å². The largest absolute Gasteiger partial charge is 0.309 e. The number of para-hydroxylation sites is 3. The molecule has 0 spiro atoms. The van der Waals surface area contributed by atoms with E-state index in [0.717, 1.165) is 17.1 Å². The van der Waals surface area contributed by atoms with E-state index in [4.69, 9.17) is 0 Å². The highest BCUT2D eigenvalue weighted by Gasteiger charge is 2.26. The predicted molar refractivity (Wildman–Crippen MR) is 213 cm³/mol. The van der Waals surface area contributed by atoms with Gasteiger partial charge in [-0.2, -0.15) is 0 Å². The molecule has 1 heterocycles. The molecule has 50 heavy (non-hydrogen) atoms. The van der Waals surface area contributed by atoms with Crippen molar-refractivity contribution < 1.29 is 0 Å². The van der Waals surface area contributed by atoms with E-state index in [-0.39, 0.29) is 0 Å². The zero-order chi connectivity index (χ0) is 33.0. The third kappa shape index (κ3) is 4.36. The van der Waals surface area contributed by atoms with Gasteiger partial charge in [0.15, 0.2) is 0 Å². The van der Waals surface area contributed by atoms with Crippen LogP contribution in [0.3, 0.4) is 0 Å². The van der Waals surface area contributed by atoms with E-state index in [1.165, 1.54) is 70.9 Å². The van der Waals surface area contributed by atoms with E-state index in [1.54, 1.807) is 0 Å². The molecule has 0 aliphatic heterocycles. The minimum atomic E-state index is 1.11. The van der Waals surface area contributed by atoms with Crippen LogP contribution in [-0.2, 0) is 0 Å². The van der Waals surface area contributed by atoms with Gasteiger partial charge in [-0.3, -0.25) is 0 Å². The van der Waals surface area contributed by atoms with Crippen LogP contribution in [0.25, 0.3) is 70.9 Å². The van der Waals surface area contributed by atoms with Crippen molar-refractivity contribution in [2.75, 3.05) is 4.90 Å². The lowest BCUT2D eigenvalue weighted by Crippen LogP contribution is -2.13. The van der Waals surface area contributed by atoms with Crippen molar-refractivity contribution in [1.29, 1.82) is 0 Å². The Bertz CT molecular complexity index is 2870. The zero-order valence-electron chi connectivity index (χ0n) is 27.4. The molecule has 0 amide bonds. The number of nitrogens with zero attached hydrogens (tertiary/aromatic N) is 2. The number of rotatable bonds is 5. The molecule has 0 fully saturated rings. The van der Waals surface area contributed by atoms with Crippen molar-refractivity contribution in [2.24, 2.45) is 0 Å². The normalized spacial score (nSPS) is 11.6. The van der Waals surface area contributed by atoms with E-state index in [2.05, 4.69) is 204 Å². The number of hydrogen-bond acceptors (Lipinski definition) is 1. The fourth-order valence-corrected chi connectivity index (χ4v) is 8.00. The van der Waals surface area contributed by atoms with Crippen LogP contribution >= 0.6 is 0 Å². The van der Waals surface area contributed by atoms with Gasteiger partial charge in [0.25, 0.3) is 0 Å². The van der Waals surface area contributed by atoms with Crippen LogP contribution in [0.4, 0.5) is 17.1 Å². The molecule has 2 nitrogen and oxygen atoms in total. The summed E-state index contributed by atoms with van der Waals surface area (Å²) >= 11 is 0. The highest BCUT2D eigenvalue weighted by atomic mass is 15.2. The molecule has 10 rings (SSSR count). The number of hydrogen-bond donors (Lipinski definition) is 0. The highest BCUT2D eigenvalue weighted by molar-refractivity contribution is 6.25. The summed E-state index contributed by atoms with van der Waals surface area (Å²) in [6, 6.07) is 70.6. The van der Waals surface area contributed by atoms with Gasteiger partial charge in [0, 0.05) is 33.1 Å². The molecule has 10 aromatic rings. The van der Waals surface area contributed by atoms with Gasteiger partial charge < -0.3 is 9.47 Å². The molecule has 1 aromatic heterocycles. The van der Waals surface area contributed by atoms with Gasteiger partial charge in [0.05, 0.1) is 22.4 Å². The standard InChI is InChI=1S/C48H32N2/c1-3-18-36(19-4-1)49-43-27-14-13-26-42(43)47-44(49)28-15-29-45(47)50(37-20-5-2-6-21-37)48-41-25-12-10-23-39(41)38-22-9-11-24-40(38)46(48)35-31-30-33-16-7-8-17-34(33)32-35/h1-32H. The molecule has 0 unspecified atom stereocenters. The van der Waals surface area contributed by atoms with Crippen LogP contribution in [-0.4, -0.2) is 4.57 Å². The van der Waals surface area contributed by atoms with Crippen LogP contribution in [0.2, 0.25) is 0 Å². The monoisotopic (exact) mass is 636 g/mol. The molecule has 234 valence electrons. The Morgan fingerprint density at radius 3 is 1.74 bits per heavy atom. The quantitative estimate of drug-likeness (QED) is 0.171. The molecule has 0 aliphatic rings. The Balaban J connectivity index is 1.40. The van der Waals surface area contributed by atoms with Gasteiger partial charge in [-0.15, -0.1) is 0 Å². The van der Waals surface area contributed by atoms with Gasteiger partial charge in [0.1, 0.15) is 0 Å². The lowest BCUT2D eigenvalue weighted by atomic mass is 9.89. The molecule has 2 heteroatoms. The average molecular weight is 637 g/mol. The van der Waals surface area contributed by atoms with E-state index < -0.39 is 0 Å². The van der Waals surface area contributed by atoms with E-state index in [0.29, 0.717) is 0 Å². The van der Waals surface area contributed by atoms with Crippen LogP contribution in [0.15, 0.2) is 194 Å². The third-order valence-electron chi connectivity index (χ3n) is 10.1. The van der Waals surface area contributed by atoms with Gasteiger partial charge in [-0.1, -0.05) is 146 Å². The molecular formula is C48H32N2. The summed E-state index contributed by atoms with van der Waals surface area (Å²) in [6.45, 7) is 0. The Morgan fingerprint density at radius 2 is 0.960 bits per heavy atom. The van der Waals surface area contributed by atoms with Crippen LogP contribution in [0, 0.1) is 0 Å². The summed E-state index contributed by atoms with van der Waals surface area (Å²) in [4.78, 5) is 2.52. The average Bonchev–Trinajstić information content (AvgIpc) is 3.54. The number of anilines is 3. The van der Waals surface area contributed by atoms with Gasteiger partial charge in [-0.25, -0.2) is 0 Å². The van der Waals surface area contributed by atoms with Crippen LogP contribution in [0.1, 0.15) is 0 Å². The van der Waals surface area contributed by atoms with Crippen molar-refractivity contribution in [3.05, 3.63) is 194 Å². The number of aromatic nitrogens is 1. The second kappa shape index (κ2) is 11.5. The van der Waals surface area contributed by atoms with Gasteiger partial charge in [0.2, 0.25) is 0 Å². The maximum absolute atomic E-state index is 2.52. The first kappa shape index (κ1) is 28.4. The maximum Gasteiger partial charge on any atom is 0.0625 e. The highest BCUT2D eigenvalue weighted by Crippen LogP contribution is 2.51. The van der Waals surface area contributed by atoms with E-state index in [1.807, 2.05) is 0 Å². The maximum atomic E-state index is 2.52. The number of benzene rings is 9. The fraction of sp³-hybridized carbons (Fsp3) is 0. The molecule has 0 N–H and O–H groups in total. The van der Waals surface area contributed by atoms with E-state index in [9.17, 15) is 0 Å². The minimum absolute atomic E-state index is 1.11. The Hall–Kier alpha value is -6.64. The second-order valence-corrected chi connectivity index (χ2v) is 12.9. The first-order valence-corrected chi connectivity index (χ1v) is 17.2. The van der Waals surface area contributed by atoms with Crippen LogP contribution < -0.4 is 4.90 Å². The summed E-state index contributed by atoms with van der Waals surface area (Å²) in [5, 5.41) is 9.84. The summed E-state index contributed by atoms with van der Waals surface area (Å²) in [6.07, 6.45) is 0. The first-order valence-electron chi connectivity index (χ1n) is 17.2. The minimum Gasteiger partial charge on any atom is -0.309 e. The second-order valence-electron chi connectivity index (χ2n) is 12.9. The molecule has 9 aromatic carbocycles. The summed E-state index contributed by atoms with van der Waals surface area (Å²) in [5.74, 6) is 0. The first-order chi connectivity index (χ1) is 24.8. The van der Waals surface area contributed by atoms with Crippen molar-refractivity contribution in [3.8, 4) is 16.8 Å². The summed E-state index contributed by atoms with van der Waals surface area (Å²) in [7, 11) is 0. The molecule has 0 radical (unpaired) electrons. The van der Waals surface area contributed by atoms with E-state index >= 15 is 0 Å². The zero-order valence-corrected chi connectivity index (χ0v) is 27.4. The smallest absolute Gasteiger partial charge is 0.0625 e. The Kier molecular flexibility index (Phi) is 6.53. The molecule has 0 aliphatic carbocycles. The van der Waals surface area contributed by atoms with Gasteiger partial charge >= 0.3 is 0 Å². The molecule has 0 bridgehead atoms. The molecule has 0 atom stereocenters. The molecule has 0 saturated carbocycles. The van der Waals surface area contributed by atoms with Crippen molar-refractivity contribution in [1.82, 2.24) is 4.57 Å². The van der Waals surface area contributed by atoms with Crippen LogP contribution in [0.5, 0.6) is 0 Å². The van der Waals surface area contributed by atoms with Crippen molar-refractivity contribution in [2.45, 2.75) is 0 Å². The Labute approximate surface area is 290 Å². The predicted octanol–water partition coefficient (Wildman–Crippen LogP) is 13.4. The lowest BCUT2D eigenvalue weighted by molar-refractivity contribution is 1.18. The molecule has 0 saturated heterocycles. The SMILES string of the molecule is c1ccc(N(c2c(-c3ccc4ccccc4c3)c3ccccc3c3ccccc23)c2cccc3c2c2ccccc2n3-c2ccccc2)cc1. The summed E-state index contributed by atoms with van der Waals surface area (Å²) in [5.41, 5.74) is 9.35.